The third-order valence-corrected chi connectivity index (χ3v) is 8.48. The summed E-state index contributed by atoms with van der Waals surface area (Å²) in [6.45, 7) is 12.2. The Kier molecular flexibility index (Phi) is 22.6. The van der Waals surface area contributed by atoms with Crippen LogP contribution in [0.1, 0.15) is 63.2 Å². The van der Waals surface area contributed by atoms with Crippen LogP contribution < -0.4 is 0 Å². The highest BCUT2D eigenvalue weighted by Crippen LogP contribution is 2.36. The van der Waals surface area contributed by atoms with Crippen LogP contribution in [0.5, 0.6) is 0 Å². The quantitative estimate of drug-likeness (QED) is 0.0959. The summed E-state index contributed by atoms with van der Waals surface area (Å²) in [6.07, 6.45) is 1.27. The molecule has 0 radical (unpaired) electrons. The lowest BCUT2D eigenvalue weighted by atomic mass is 10.00. The van der Waals surface area contributed by atoms with E-state index >= 15 is 0 Å². The number of unbranched alkanes of at least 4 members (excludes halogenated alkanes) is 2. The zero-order valence-corrected chi connectivity index (χ0v) is 31.3. The van der Waals surface area contributed by atoms with Crippen molar-refractivity contribution in [3.8, 4) is 0 Å². The first kappa shape index (κ1) is 42.7. The van der Waals surface area contributed by atoms with E-state index in [0.29, 0.717) is 92.5 Å². The van der Waals surface area contributed by atoms with Gasteiger partial charge in [0.25, 0.3) is 0 Å². The molecule has 12 heteroatoms. The second kappa shape index (κ2) is 27.5. The van der Waals surface area contributed by atoms with Crippen LogP contribution in [-0.4, -0.2) is 130 Å². The van der Waals surface area contributed by atoms with E-state index in [4.69, 9.17) is 56.8 Å². The zero-order valence-electron chi connectivity index (χ0n) is 31.3. The summed E-state index contributed by atoms with van der Waals surface area (Å²) in [5.41, 5.74) is 1.83. The molecule has 0 N–H and O–H groups in total. The molecule has 52 heavy (non-hydrogen) atoms. The molecule has 2 unspecified atom stereocenters. The average molecular weight is 735 g/mol. The first-order valence-corrected chi connectivity index (χ1v) is 19.1. The maximum Gasteiger partial charge on any atom is 0.184 e. The maximum atomic E-state index is 6.67. The molecule has 0 amide bonds. The molecule has 2 aliphatic rings. The van der Waals surface area contributed by atoms with Crippen LogP contribution in [0.3, 0.4) is 0 Å². The first-order chi connectivity index (χ1) is 25.8. The van der Waals surface area contributed by atoms with E-state index in [0.717, 1.165) is 50.0 Å². The van der Waals surface area contributed by atoms with E-state index in [1.54, 1.807) is 0 Å². The normalized spacial score (nSPS) is 23.6. The summed E-state index contributed by atoms with van der Waals surface area (Å²) in [5.74, 6) is 0. The third-order valence-electron chi connectivity index (χ3n) is 8.48. The lowest BCUT2D eigenvalue weighted by Crippen LogP contribution is -2.57. The maximum absolute atomic E-state index is 6.67. The minimum Gasteiger partial charge on any atom is -0.379 e. The van der Waals surface area contributed by atoms with Crippen molar-refractivity contribution < 1.29 is 56.8 Å². The molecule has 2 aliphatic heterocycles. The summed E-state index contributed by atoms with van der Waals surface area (Å²) in [6, 6.07) is 19.8. The molecule has 0 saturated carbocycles. The number of rotatable bonds is 29. The number of benzene rings is 2. The highest BCUT2D eigenvalue weighted by atomic mass is 16.7. The van der Waals surface area contributed by atoms with Gasteiger partial charge in [-0.05, 0) is 12.8 Å². The highest BCUT2D eigenvalue weighted by molar-refractivity contribution is 5.18. The van der Waals surface area contributed by atoms with Crippen molar-refractivity contribution in [3.05, 3.63) is 71.8 Å². The minimum absolute atomic E-state index is 0.307. The first-order valence-electron chi connectivity index (χ1n) is 19.1. The number of hydrogen-bond acceptors (Lipinski definition) is 12. The van der Waals surface area contributed by atoms with Gasteiger partial charge in [-0.25, -0.2) is 0 Å². The summed E-state index contributed by atoms with van der Waals surface area (Å²) in [4.78, 5) is 0. The van der Waals surface area contributed by atoms with Crippen LogP contribution in [0.25, 0.3) is 0 Å². The highest BCUT2D eigenvalue weighted by Gasteiger charge is 2.46. The topological polar surface area (TPSA) is 111 Å². The molecule has 2 aromatic carbocycles. The van der Waals surface area contributed by atoms with E-state index in [-0.39, 0.29) is 0 Å². The molecule has 2 saturated heterocycles. The Morgan fingerprint density at radius 2 is 0.769 bits per heavy atom. The molecule has 0 aliphatic carbocycles. The van der Waals surface area contributed by atoms with Gasteiger partial charge in [0.1, 0.15) is 24.4 Å². The van der Waals surface area contributed by atoms with E-state index < -0.39 is 37.0 Å². The number of hydrogen-bond donors (Lipinski definition) is 0. The van der Waals surface area contributed by atoms with Crippen molar-refractivity contribution in [3.63, 3.8) is 0 Å². The molecule has 4 rings (SSSR count). The number of ether oxygens (including phenoxy) is 12. The van der Waals surface area contributed by atoms with Gasteiger partial charge < -0.3 is 56.8 Å². The van der Waals surface area contributed by atoms with Crippen LogP contribution in [0, 0.1) is 0 Å². The molecular formula is C40H62O12. The van der Waals surface area contributed by atoms with Gasteiger partial charge in [-0.3, -0.25) is 0 Å². The Hall–Kier alpha value is -2.04. The van der Waals surface area contributed by atoms with Gasteiger partial charge in [-0.2, -0.15) is 0 Å². The van der Waals surface area contributed by atoms with Gasteiger partial charge in [0, 0.05) is 24.3 Å². The predicted octanol–water partition coefficient (Wildman–Crippen LogP) is 5.69. The lowest BCUT2D eigenvalue weighted by molar-refractivity contribution is -0.340. The summed E-state index contributed by atoms with van der Waals surface area (Å²) < 4.78 is 72.3. The van der Waals surface area contributed by atoms with E-state index in [9.17, 15) is 0 Å². The molecule has 12 nitrogen and oxygen atoms in total. The summed E-state index contributed by atoms with van der Waals surface area (Å²) >= 11 is 0. The molecular weight excluding hydrogens is 672 g/mol. The van der Waals surface area contributed by atoms with Crippen LogP contribution in [0.15, 0.2) is 60.7 Å². The molecule has 6 atom stereocenters. The van der Waals surface area contributed by atoms with E-state index in [1.165, 1.54) is 0 Å². The Morgan fingerprint density at radius 3 is 1.12 bits per heavy atom. The molecule has 2 fully saturated rings. The van der Waals surface area contributed by atoms with Gasteiger partial charge in [0.15, 0.2) is 12.6 Å². The summed E-state index contributed by atoms with van der Waals surface area (Å²) in [5, 5.41) is 0. The Labute approximate surface area is 310 Å². The largest absolute Gasteiger partial charge is 0.379 e. The smallest absolute Gasteiger partial charge is 0.184 e. The van der Waals surface area contributed by atoms with Gasteiger partial charge >= 0.3 is 0 Å². The molecule has 2 aromatic rings. The van der Waals surface area contributed by atoms with E-state index in [1.807, 2.05) is 60.7 Å². The van der Waals surface area contributed by atoms with E-state index in [2.05, 4.69) is 13.8 Å². The van der Waals surface area contributed by atoms with Crippen molar-refractivity contribution in [2.24, 2.45) is 0 Å². The van der Waals surface area contributed by atoms with Crippen LogP contribution in [0.2, 0.25) is 0 Å². The fourth-order valence-corrected chi connectivity index (χ4v) is 5.62. The Morgan fingerprint density at radius 1 is 0.442 bits per heavy atom. The van der Waals surface area contributed by atoms with Gasteiger partial charge in [0.2, 0.25) is 0 Å². The average Bonchev–Trinajstić information content (AvgIpc) is 3.19. The monoisotopic (exact) mass is 734 g/mol. The fraction of sp³-hybridized carbons (Fsp3) is 0.700. The molecule has 2 heterocycles. The molecule has 0 spiro atoms. The summed E-state index contributed by atoms with van der Waals surface area (Å²) in [7, 11) is 0. The van der Waals surface area contributed by atoms with Crippen molar-refractivity contribution in [2.45, 2.75) is 76.5 Å². The van der Waals surface area contributed by atoms with Gasteiger partial charge in [-0.15, -0.1) is 0 Å². The fourth-order valence-electron chi connectivity index (χ4n) is 5.62. The lowest BCUT2D eigenvalue weighted by Gasteiger charge is -2.45. The third kappa shape index (κ3) is 16.5. The van der Waals surface area contributed by atoms with Gasteiger partial charge in [0.05, 0.1) is 92.5 Å². The Bertz CT molecular complexity index is 1020. The van der Waals surface area contributed by atoms with Crippen molar-refractivity contribution >= 4 is 0 Å². The van der Waals surface area contributed by atoms with Crippen molar-refractivity contribution in [2.75, 3.05) is 106 Å². The van der Waals surface area contributed by atoms with Crippen LogP contribution in [0.4, 0.5) is 0 Å². The standard InChI is InChI=1S/C40H62O12/c1-3-5-17-41-19-21-43-23-25-45-27-29-47-35-31-49-39(33-13-9-7-10-14-33)51-37(35)38-36(32-50-40(52-38)34-15-11-8-12-16-34)48-30-28-46-26-24-44-22-20-42-18-6-4-2/h7-16,35-40H,3-6,17-32H2,1-2H3/t35-,36-,37-,38-,39?,40?/m1/s1. The minimum atomic E-state index is -0.590. The SMILES string of the molecule is CCCCOCCOCCOCCO[C@@H]1COC(c2ccccc2)O[C@H]1[C@@H]1OC(c2ccccc2)OC[C@H]1OCCOCCOCCOCCCC. The molecule has 0 aromatic heterocycles. The van der Waals surface area contributed by atoms with Crippen LogP contribution >= 0.6 is 0 Å². The zero-order chi connectivity index (χ0) is 36.3. The van der Waals surface area contributed by atoms with Crippen molar-refractivity contribution in [1.29, 1.82) is 0 Å². The second-order valence-corrected chi connectivity index (χ2v) is 12.6. The van der Waals surface area contributed by atoms with Crippen LogP contribution in [-0.2, 0) is 56.8 Å². The predicted molar refractivity (Wildman–Crippen MR) is 194 cm³/mol. The molecule has 294 valence electrons. The van der Waals surface area contributed by atoms with Crippen molar-refractivity contribution in [1.82, 2.24) is 0 Å². The molecule has 0 bridgehead atoms. The second-order valence-electron chi connectivity index (χ2n) is 12.6. The Balaban J connectivity index is 1.29. The van der Waals surface area contributed by atoms with Gasteiger partial charge in [-0.1, -0.05) is 87.4 Å².